The molecular weight excluding hydrogens is 204 g/mol. The summed E-state index contributed by atoms with van der Waals surface area (Å²) in [6.45, 7) is 4.40. The Balaban J connectivity index is 2.16. The maximum absolute atomic E-state index is 8.44. The van der Waals surface area contributed by atoms with Gasteiger partial charge in [-0.1, -0.05) is 5.16 Å². The third-order valence-electron chi connectivity index (χ3n) is 3.29. The van der Waals surface area contributed by atoms with Crippen molar-refractivity contribution in [3.8, 4) is 0 Å². The zero-order valence-corrected chi connectivity index (χ0v) is 10.4. The highest BCUT2D eigenvalue weighted by molar-refractivity contribution is 5.79. The van der Waals surface area contributed by atoms with Crippen molar-refractivity contribution >= 4 is 5.84 Å². The molecule has 0 bridgehead atoms. The van der Waals surface area contributed by atoms with Crippen molar-refractivity contribution in [1.29, 1.82) is 0 Å². The largest absolute Gasteiger partial charge is 0.409 e. The maximum atomic E-state index is 8.44. The number of amidine groups is 1. The summed E-state index contributed by atoms with van der Waals surface area (Å²) in [7, 11) is 4.28. The van der Waals surface area contributed by atoms with Gasteiger partial charge in [0.2, 0.25) is 0 Å². The summed E-state index contributed by atoms with van der Waals surface area (Å²) in [5, 5.41) is 11.4. The van der Waals surface area contributed by atoms with Gasteiger partial charge in [0.05, 0.1) is 0 Å². The lowest BCUT2D eigenvalue weighted by Gasteiger charge is -2.31. The van der Waals surface area contributed by atoms with Gasteiger partial charge in [0.1, 0.15) is 5.84 Å². The second-order valence-corrected chi connectivity index (χ2v) is 4.85. The molecule has 5 heteroatoms. The molecule has 1 aliphatic heterocycles. The Morgan fingerprint density at radius 1 is 1.50 bits per heavy atom. The third-order valence-corrected chi connectivity index (χ3v) is 3.29. The molecular formula is C11H24N4O. The third kappa shape index (κ3) is 4.81. The van der Waals surface area contributed by atoms with Crippen LogP contribution in [0.3, 0.4) is 0 Å². The first-order chi connectivity index (χ1) is 7.61. The van der Waals surface area contributed by atoms with Crippen molar-refractivity contribution in [2.45, 2.75) is 19.3 Å². The van der Waals surface area contributed by atoms with Crippen LogP contribution in [0.1, 0.15) is 19.3 Å². The molecule has 0 aromatic carbocycles. The molecule has 0 aliphatic carbocycles. The number of hydrogen-bond donors (Lipinski definition) is 2. The van der Waals surface area contributed by atoms with Crippen molar-refractivity contribution in [3.05, 3.63) is 0 Å². The summed E-state index contributed by atoms with van der Waals surface area (Å²) >= 11 is 0. The summed E-state index contributed by atoms with van der Waals surface area (Å²) < 4.78 is 0. The van der Waals surface area contributed by atoms with E-state index >= 15 is 0 Å². The van der Waals surface area contributed by atoms with Crippen molar-refractivity contribution in [2.75, 3.05) is 40.3 Å². The van der Waals surface area contributed by atoms with E-state index in [2.05, 4.69) is 29.1 Å². The van der Waals surface area contributed by atoms with Crippen molar-refractivity contribution in [2.24, 2.45) is 16.8 Å². The highest BCUT2D eigenvalue weighted by Crippen LogP contribution is 2.16. The molecule has 0 aromatic rings. The fourth-order valence-corrected chi connectivity index (χ4v) is 2.13. The molecule has 1 fully saturated rings. The van der Waals surface area contributed by atoms with Crippen molar-refractivity contribution in [1.82, 2.24) is 9.80 Å². The van der Waals surface area contributed by atoms with Gasteiger partial charge in [0, 0.05) is 19.5 Å². The van der Waals surface area contributed by atoms with Crippen LogP contribution in [-0.2, 0) is 0 Å². The molecule has 16 heavy (non-hydrogen) atoms. The average molecular weight is 228 g/mol. The molecule has 0 atom stereocenters. The first-order valence-electron chi connectivity index (χ1n) is 5.95. The molecule has 0 aromatic heterocycles. The number of rotatable bonds is 5. The molecule has 1 saturated heterocycles. The molecule has 0 radical (unpaired) electrons. The van der Waals surface area contributed by atoms with Crippen molar-refractivity contribution < 1.29 is 5.21 Å². The zero-order chi connectivity index (χ0) is 12.0. The number of nitrogens with two attached hydrogens (primary N) is 1. The molecule has 5 nitrogen and oxygen atoms in total. The quantitative estimate of drug-likeness (QED) is 0.309. The minimum absolute atomic E-state index is 0.315. The predicted octanol–water partition coefficient (Wildman–Crippen LogP) is 0.397. The monoisotopic (exact) mass is 228 g/mol. The van der Waals surface area contributed by atoms with E-state index in [9.17, 15) is 0 Å². The zero-order valence-electron chi connectivity index (χ0n) is 10.4. The van der Waals surface area contributed by atoms with E-state index in [0.29, 0.717) is 12.3 Å². The van der Waals surface area contributed by atoms with E-state index in [0.717, 1.165) is 19.0 Å². The van der Waals surface area contributed by atoms with Gasteiger partial charge in [-0.2, -0.15) is 0 Å². The fraction of sp³-hybridized carbons (Fsp3) is 0.909. The Hall–Kier alpha value is -0.810. The Bertz CT molecular complexity index is 224. The second-order valence-electron chi connectivity index (χ2n) is 4.85. The van der Waals surface area contributed by atoms with E-state index in [1.165, 1.54) is 25.9 Å². The summed E-state index contributed by atoms with van der Waals surface area (Å²) in [6, 6.07) is 0. The van der Waals surface area contributed by atoms with Crippen LogP contribution in [0.5, 0.6) is 0 Å². The minimum atomic E-state index is 0.315. The smallest absolute Gasteiger partial charge is 0.140 e. The highest BCUT2D eigenvalue weighted by Gasteiger charge is 2.17. The lowest BCUT2D eigenvalue weighted by Crippen LogP contribution is -2.36. The fourth-order valence-electron chi connectivity index (χ4n) is 2.13. The van der Waals surface area contributed by atoms with Crippen LogP contribution in [-0.4, -0.2) is 61.1 Å². The summed E-state index contributed by atoms with van der Waals surface area (Å²) in [5.41, 5.74) is 5.44. The Morgan fingerprint density at radius 3 is 2.69 bits per heavy atom. The lowest BCUT2D eigenvalue weighted by molar-refractivity contribution is 0.178. The van der Waals surface area contributed by atoms with Gasteiger partial charge in [-0.15, -0.1) is 0 Å². The van der Waals surface area contributed by atoms with Crippen LogP contribution < -0.4 is 5.73 Å². The lowest BCUT2D eigenvalue weighted by atomic mass is 9.97. The van der Waals surface area contributed by atoms with Crippen LogP contribution in [0.15, 0.2) is 5.16 Å². The molecule has 94 valence electrons. The van der Waals surface area contributed by atoms with Gasteiger partial charge in [-0.05, 0) is 45.9 Å². The Morgan fingerprint density at radius 2 is 2.12 bits per heavy atom. The van der Waals surface area contributed by atoms with Crippen LogP contribution in [0, 0.1) is 5.92 Å². The van der Waals surface area contributed by atoms with E-state index in [1.54, 1.807) is 0 Å². The topological polar surface area (TPSA) is 65.1 Å². The number of likely N-dealkylation sites (tertiary alicyclic amines) is 1. The maximum Gasteiger partial charge on any atom is 0.140 e. The number of hydrogen-bond acceptors (Lipinski definition) is 4. The minimum Gasteiger partial charge on any atom is -0.409 e. The van der Waals surface area contributed by atoms with Crippen LogP contribution in [0.2, 0.25) is 0 Å². The molecule has 0 amide bonds. The summed E-state index contributed by atoms with van der Waals surface area (Å²) in [6.07, 6.45) is 3.20. The average Bonchev–Trinajstić information content (AvgIpc) is 2.29. The highest BCUT2D eigenvalue weighted by atomic mass is 16.4. The van der Waals surface area contributed by atoms with Crippen LogP contribution in [0.25, 0.3) is 0 Å². The molecule has 0 spiro atoms. The molecule has 0 unspecified atom stereocenters. The molecule has 0 saturated carbocycles. The van der Waals surface area contributed by atoms with Crippen LogP contribution in [0.4, 0.5) is 0 Å². The first-order valence-corrected chi connectivity index (χ1v) is 5.95. The summed E-state index contributed by atoms with van der Waals surface area (Å²) in [4.78, 5) is 4.65. The van der Waals surface area contributed by atoms with E-state index in [-0.39, 0.29) is 0 Å². The molecule has 1 rings (SSSR count). The van der Waals surface area contributed by atoms with E-state index < -0.39 is 0 Å². The first kappa shape index (κ1) is 13.3. The van der Waals surface area contributed by atoms with Gasteiger partial charge in [0.15, 0.2) is 0 Å². The number of oxime groups is 1. The van der Waals surface area contributed by atoms with E-state index in [4.69, 9.17) is 10.9 Å². The van der Waals surface area contributed by atoms with Crippen molar-refractivity contribution in [3.63, 3.8) is 0 Å². The SMILES string of the molecule is CN1CCC(CN(C)CCC(N)=NO)CC1. The van der Waals surface area contributed by atoms with Gasteiger partial charge in [-0.25, -0.2) is 0 Å². The van der Waals surface area contributed by atoms with Gasteiger partial charge < -0.3 is 20.7 Å². The number of nitrogens with zero attached hydrogens (tertiary/aromatic N) is 3. The second kappa shape index (κ2) is 6.70. The number of piperidine rings is 1. The van der Waals surface area contributed by atoms with Crippen LogP contribution >= 0.6 is 0 Å². The summed E-state index contributed by atoms with van der Waals surface area (Å²) in [5.74, 6) is 1.11. The predicted molar refractivity (Wildman–Crippen MR) is 65.7 cm³/mol. The molecule has 1 heterocycles. The van der Waals surface area contributed by atoms with Gasteiger partial charge in [-0.3, -0.25) is 0 Å². The normalized spacial score (nSPS) is 20.6. The Labute approximate surface area is 97.9 Å². The van der Waals surface area contributed by atoms with Gasteiger partial charge in [0.25, 0.3) is 0 Å². The molecule has 1 aliphatic rings. The van der Waals surface area contributed by atoms with E-state index in [1.807, 2.05) is 0 Å². The van der Waals surface area contributed by atoms with Gasteiger partial charge >= 0.3 is 0 Å². The standard InChI is InChI=1S/C11H24N4O/c1-14-6-3-10(4-7-14)9-15(2)8-5-11(12)13-16/h10,16H,3-9H2,1-2H3,(H2,12,13). The Kier molecular flexibility index (Phi) is 5.55. The molecule has 3 N–H and O–H groups in total.